The molecule has 27 heavy (non-hydrogen) atoms. The number of hydrogen-bond acceptors (Lipinski definition) is 5. The molecule has 0 unspecified atom stereocenters. The van der Waals surface area contributed by atoms with Gasteiger partial charge in [-0.15, -0.1) is 11.3 Å². The number of carbonyl (C=O) groups is 2. The van der Waals surface area contributed by atoms with E-state index in [9.17, 15) is 14.4 Å². The number of esters is 1. The molecule has 0 saturated carbocycles. The maximum Gasteiger partial charge on any atom is 0.329 e. The number of nitrogens with zero attached hydrogens (tertiary/aromatic N) is 2. The van der Waals surface area contributed by atoms with Gasteiger partial charge in [0.25, 0.3) is 0 Å². The number of carbonyl (C=O) groups excluding carboxylic acids is 2. The number of aromatic nitrogens is 2. The minimum atomic E-state index is -0.490. The summed E-state index contributed by atoms with van der Waals surface area (Å²) in [6, 6.07) is 11.1. The van der Waals surface area contributed by atoms with Crippen LogP contribution in [0.1, 0.15) is 34.3 Å². The summed E-state index contributed by atoms with van der Waals surface area (Å²) in [7, 11) is 0. The predicted molar refractivity (Wildman–Crippen MR) is 105 cm³/mol. The van der Waals surface area contributed by atoms with E-state index < -0.39 is 5.97 Å². The van der Waals surface area contributed by atoms with E-state index in [1.807, 2.05) is 44.2 Å². The highest BCUT2D eigenvalue weighted by atomic mass is 32.1. The average molecular weight is 386 g/mol. The van der Waals surface area contributed by atoms with Crippen molar-refractivity contribution in [1.82, 2.24) is 9.13 Å². The Labute approximate surface area is 161 Å². The Kier molecular flexibility index (Phi) is 5.91. The third-order valence-electron chi connectivity index (χ3n) is 4.29. The fourth-order valence-corrected chi connectivity index (χ4v) is 3.80. The van der Waals surface area contributed by atoms with Gasteiger partial charge in [-0.25, -0.2) is 4.79 Å². The van der Waals surface area contributed by atoms with Crippen molar-refractivity contribution >= 4 is 34.1 Å². The van der Waals surface area contributed by atoms with E-state index in [4.69, 9.17) is 4.74 Å². The highest BCUT2D eigenvalue weighted by Crippen LogP contribution is 2.16. The molecule has 1 aromatic carbocycles. The molecular weight excluding hydrogens is 364 g/mol. The first-order chi connectivity index (χ1) is 13.0. The number of para-hydroxylation sites is 2. The third-order valence-corrected chi connectivity index (χ3v) is 5.33. The minimum Gasteiger partial charge on any atom is -0.457 e. The maximum atomic E-state index is 12.7. The zero-order valence-electron chi connectivity index (χ0n) is 15.4. The second kappa shape index (κ2) is 8.35. The number of ketones is 1. The van der Waals surface area contributed by atoms with Crippen LogP contribution in [0.2, 0.25) is 0 Å². The highest BCUT2D eigenvalue weighted by molar-refractivity contribution is 7.14. The Morgan fingerprint density at radius 3 is 2.30 bits per heavy atom. The van der Waals surface area contributed by atoms with Gasteiger partial charge in [-0.3, -0.25) is 18.7 Å². The standard InChI is InChI=1S/C20H22N2O4S/c1-3-11-21-15-6-4-5-7-16(15)22(20(21)25)12-10-19(24)26-13-17(23)18-9-8-14(2)27-18/h4-9H,3,10-13H2,1-2H3. The second-order valence-electron chi connectivity index (χ2n) is 6.32. The van der Waals surface area contributed by atoms with Crippen LogP contribution in [-0.2, 0) is 22.6 Å². The molecular formula is C20H22N2O4S. The lowest BCUT2D eigenvalue weighted by Crippen LogP contribution is -2.25. The van der Waals surface area contributed by atoms with Crippen molar-refractivity contribution in [3.05, 3.63) is 56.6 Å². The first-order valence-electron chi connectivity index (χ1n) is 8.94. The molecule has 0 amide bonds. The number of Topliss-reactive ketones (excluding diaryl/α,β-unsaturated/α-hetero) is 1. The number of aryl methyl sites for hydroxylation is 3. The summed E-state index contributed by atoms with van der Waals surface area (Å²) in [6.07, 6.45) is 0.886. The van der Waals surface area contributed by atoms with E-state index in [1.54, 1.807) is 15.2 Å². The zero-order chi connectivity index (χ0) is 19.4. The average Bonchev–Trinajstić information content (AvgIpc) is 3.21. The molecule has 0 spiro atoms. The molecule has 0 aliphatic rings. The molecule has 3 aromatic rings. The molecule has 0 bridgehead atoms. The lowest BCUT2D eigenvalue weighted by molar-refractivity contribution is -0.142. The molecule has 0 saturated heterocycles. The van der Waals surface area contributed by atoms with Crippen LogP contribution in [0.3, 0.4) is 0 Å². The van der Waals surface area contributed by atoms with Gasteiger partial charge < -0.3 is 4.74 Å². The van der Waals surface area contributed by atoms with Gasteiger partial charge in [0.1, 0.15) is 0 Å². The fourth-order valence-electron chi connectivity index (χ4n) is 3.01. The van der Waals surface area contributed by atoms with Crippen LogP contribution in [0.5, 0.6) is 0 Å². The van der Waals surface area contributed by atoms with Crippen LogP contribution in [0, 0.1) is 6.92 Å². The van der Waals surface area contributed by atoms with Crippen LogP contribution in [-0.4, -0.2) is 27.5 Å². The first-order valence-corrected chi connectivity index (χ1v) is 9.76. The van der Waals surface area contributed by atoms with E-state index in [-0.39, 0.29) is 31.0 Å². The molecule has 142 valence electrons. The molecule has 2 aromatic heterocycles. The SMILES string of the molecule is CCCn1c(=O)n(CCC(=O)OCC(=O)c2ccc(C)s2)c2ccccc21. The van der Waals surface area contributed by atoms with Gasteiger partial charge in [0.15, 0.2) is 6.61 Å². The van der Waals surface area contributed by atoms with E-state index in [0.717, 1.165) is 22.3 Å². The van der Waals surface area contributed by atoms with Crippen molar-refractivity contribution in [2.24, 2.45) is 0 Å². The minimum absolute atomic E-state index is 0.0385. The molecule has 7 heteroatoms. The van der Waals surface area contributed by atoms with Gasteiger partial charge >= 0.3 is 11.7 Å². The smallest absolute Gasteiger partial charge is 0.329 e. The predicted octanol–water partition coefficient (Wildman–Crippen LogP) is 3.40. The van der Waals surface area contributed by atoms with Gasteiger partial charge in [0.2, 0.25) is 5.78 Å². The van der Waals surface area contributed by atoms with Gasteiger partial charge in [-0.05, 0) is 37.6 Å². The molecule has 2 heterocycles. The molecule has 0 aliphatic carbocycles. The number of fused-ring (bicyclic) bond motifs is 1. The lowest BCUT2D eigenvalue weighted by atomic mass is 10.3. The fraction of sp³-hybridized carbons (Fsp3) is 0.350. The summed E-state index contributed by atoms with van der Waals surface area (Å²) < 4.78 is 8.41. The van der Waals surface area contributed by atoms with Crippen molar-refractivity contribution in [3.8, 4) is 0 Å². The van der Waals surface area contributed by atoms with Gasteiger partial charge in [0, 0.05) is 18.0 Å². The van der Waals surface area contributed by atoms with E-state index in [2.05, 4.69) is 0 Å². The number of rotatable bonds is 8. The summed E-state index contributed by atoms with van der Waals surface area (Å²) in [4.78, 5) is 38.3. The molecule has 0 aliphatic heterocycles. The van der Waals surface area contributed by atoms with E-state index in [1.165, 1.54) is 11.3 Å². The number of ether oxygens (including phenoxy) is 1. The summed E-state index contributed by atoms with van der Waals surface area (Å²) >= 11 is 1.38. The van der Waals surface area contributed by atoms with Crippen molar-refractivity contribution in [2.45, 2.75) is 39.8 Å². The molecule has 0 fully saturated rings. The molecule has 0 atom stereocenters. The Hall–Kier alpha value is -2.67. The normalized spacial score (nSPS) is 11.0. The topological polar surface area (TPSA) is 70.3 Å². The highest BCUT2D eigenvalue weighted by Gasteiger charge is 2.15. The maximum absolute atomic E-state index is 12.7. The molecule has 0 radical (unpaired) electrons. The Morgan fingerprint density at radius 1 is 1.04 bits per heavy atom. The third kappa shape index (κ3) is 4.19. The van der Waals surface area contributed by atoms with Crippen molar-refractivity contribution < 1.29 is 14.3 Å². The number of thiophene rings is 1. The number of imidazole rings is 1. The molecule has 3 rings (SSSR count). The van der Waals surface area contributed by atoms with Crippen molar-refractivity contribution in [1.29, 1.82) is 0 Å². The second-order valence-corrected chi connectivity index (χ2v) is 7.61. The Morgan fingerprint density at radius 2 is 1.70 bits per heavy atom. The van der Waals surface area contributed by atoms with Gasteiger partial charge in [-0.1, -0.05) is 19.1 Å². The van der Waals surface area contributed by atoms with Crippen molar-refractivity contribution in [2.75, 3.05) is 6.61 Å². The summed E-state index contributed by atoms with van der Waals surface area (Å²) in [6.45, 7) is 4.51. The summed E-state index contributed by atoms with van der Waals surface area (Å²) in [5.74, 6) is -0.700. The lowest BCUT2D eigenvalue weighted by Gasteiger charge is -2.05. The van der Waals surface area contributed by atoms with Crippen LogP contribution in [0.15, 0.2) is 41.2 Å². The molecule has 6 nitrogen and oxygen atoms in total. The Balaban J connectivity index is 1.64. The van der Waals surface area contributed by atoms with Gasteiger partial charge in [-0.2, -0.15) is 0 Å². The van der Waals surface area contributed by atoms with Gasteiger partial charge in [0.05, 0.1) is 22.3 Å². The van der Waals surface area contributed by atoms with E-state index in [0.29, 0.717) is 11.4 Å². The zero-order valence-corrected chi connectivity index (χ0v) is 16.3. The quantitative estimate of drug-likeness (QED) is 0.439. The first kappa shape index (κ1) is 19.1. The summed E-state index contributed by atoms with van der Waals surface area (Å²) in [5.41, 5.74) is 1.53. The number of hydrogen-bond donors (Lipinski definition) is 0. The number of benzene rings is 1. The Bertz CT molecular complexity index is 1030. The summed E-state index contributed by atoms with van der Waals surface area (Å²) in [5, 5.41) is 0. The van der Waals surface area contributed by atoms with E-state index >= 15 is 0 Å². The molecule has 0 N–H and O–H groups in total. The van der Waals surface area contributed by atoms with Crippen LogP contribution in [0.25, 0.3) is 11.0 Å². The van der Waals surface area contributed by atoms with Crippen molar-refractivity contribution in [3.63, 3.8) is 0 Å². The monoisotopic (exact) mass is 386 g/mol. The van der Waals surface area contributed by atoms with Crippen LogP contribution < -0.4 is 5.69 Å². The van der Waals surface area contributed by atoms with Crippen LogP contribution >= 0.6 is 11.3 Å². The largest absolute Gasteiger partial charge is 0.457 e. The van der Waals surface area contributed by atoms with Crippen LogP contribution in [0.4, 0.5) is 0 Å².